The Morgan fingerprint density at radius 1 is 1.39 bits per heavy atom. The number of ether oxygens (including phenoxy) is 1. The van der Waals surface area contributed by atoms with Crippen molar-refractivity contribution >= 4 is 5.97 Å². The van der Waals surface area contributed by atoms with Gasteiger partial charge in [0, 0.05) is 0 Å². The van der Waals surface area contributed by atoms with Crippen molar-refractivity contribution in [1.29, 1.82) is 0 Å². The van der Waals surface area contributed by atoms with Crippen LogP contribution in [0.5, 0.6) is 0 Å². The number of hydrogen-bond donors (Lipinski definition) is 1. The standard InChI is InChI=1S/C12H21N3O3/c1-7(2)6-18-12(17)11-9(4)15(14-13-11)8(3)10(5)16/h7-8,10,16H,6H2,1-5H3. The summed E-state index contributed by atoms with van der Waals surface area (Å²) in [5, 5.41) is 17.2. The molecule has 0 saturated carbocycles. The molecule has 2 unspecified atom stereocenters. The molecule has 0 amide bonds. The average Bonchev–Trinajstić information content (AvgIpc) is 2.66. The highest BCUT2D eigenvalue weighted by atomic mass is 16.5. The van der Waals surface area contributed by atoms with E-state index in [0.29, 0.717) is 12.3 Å². The molecule has 102 valence electrons. The molecule has 1 rings (SSSR count). The summed E-state index contributed by atoms with van der Waals surface area (Å²) in [7, 11) is 0. The number of hydrogen-bond acceptors (Lipinski definition) is 5. The Hall–Kier alpha value is -1.43. The molecule has 18 heavy (non-hydrogen) atoms. The number of aliphatic hydroxyl groups excluding tert-OH is 1. The lowest BCUT2D eigenvalue weighted by atomic mass is 10.2. The minimum atomic E-state index is -0.565. The van der Waals surface area contributed by atoms with Gasteiger partial charge in [0.2, 0.25) is 0 Å². The fraction of sp³-hybridized carbons (Fsp3) is 0.750. The van der Waals surface area contributed by atoms with Gasteiger partial charge in [-0.15, -0.1) is 5.10 Å². The third kappa shape index (κ3) is 3.29. The van der Waals surface area contributed by atoms with Crippen LogP contribution in [0.4, 0.5) is 0 Å². The molecule has 6 nitrogen and oxygen atoms in total. The van der Waals surface area contributed by atoms with E-state index < -0.39 is 12.1 Å². The quantitative estimate of drug-likeness (QED) is 0.803. The monoisotopic (exact) mass is 255 g/mol. The van der Waals surface area contributed by atoms with E-state index in [9.17, 15) is 9.90 Å². The number of carbonyl (C=O) groups is 1. The molecule has 1 heterocycles. The van der Waals surface area contributed by atoms with E-state index in [1.54, 1.807) is 13.8 Å². The minimum Gasteiger partial charge on any atom is -0.461 e. The molecular weight excluding hydrogens is 234 g/mol. The number of rotatable bonds is 5. The second-order valence-corrected chi connectivity index (χ2v) is 4.94. The third-order valence-electron chi connectivity index (χ3n) is 2.75. The van der Waals surface area contributed by atoms with Gasteiger partial charge in [-0.25, -0.2) is 9.48 Å². The van der Waals surface area contributed by atoms with Gasteiger partial charge in [0.05, 0.1) is 24.4 Å². The Balaban J connectivity index is 2.83. The molecule has 0 bridgehead atoms. The predicted octanol–water partition coefficient (Wildman–Crippen LogP) is 1.34. The molecule has 2 atom stereocenters. The smallest absolute Gasteiger partial charge is 0.360 e. The molecule has 0 aliphatic carbocycles. The number of esters is 1. The highest BCUT2D eigenvalue weighted by Crippen LogP contribution is 2.15. The molecule has 0 spiro atoms. The summed E-state index contributed by atoms with van der Waals surface area (Å²) < 4.78 is 6.64. The highest BCUT2D eigenvalue weighted by molar-refractivity contribution is 5.88. The van der Waals surface area contributed by atoms with Crippen LogP contribution < -0.4 is 0 Å². The van der Waals surface area contributed by atoms with Gasteiger partial charge in [-0.1, -0.05) is 19.1 Å². The first-order valence-corrected chi connectivity index (χ1v) is 6.11. The SMILES string of the molecule is Cc1c(C(=O)OCC(C)C)nnn1C(C)C(C)O. The average molecular weight is 255 g/mol. The van der Waals surface area contributed by atoms with E-state index in [0.717, 1.165) is 0 Å². The van der Waals surface area contributed by atoms with Crippen LogP contribution in [0.25, 0.3) is 0 Å². The molecular formula is C12H21N3O3. The van der Waals surface area contributed by atoms with Crippen LogP contribution in [-0.4, -0.2) is 38.8 Å². The van der Waals surface area contributed by atoms with Crippen molar-refractivity contribution in [1.82, 2.24) is 15.0 Å². The zero-order valence-electron chi connectivity index (χ0n) is 11.5. The Labute approximate surface area is 107 Å². The first kappa shape index (κ1) is 14.6. The summed E-state index contributed by atoms with van der Waals surface area (Å²) in [5.41, 5.74) is 0.820. The normalized spacial score (nSPS) is 14.6. The van der Waals surface area contributed by atoms with E-state index in [1.807, 2.05) is 20.8 Å². The van der Waals surface area contributed by atoms with E-state index >= 15 is 0 Å². The Bertz CT molecular complexity index is 413. The van der Waals surface area contributed by atoms with Gasteiger partial charge in [0.25, 0.3) is 0 Å². The third-order valence-corrected chi connectivity index (χ3v) is 2.75. The minimum absolute atomic E-state index is 0.211. The maximum atomic E-state index is 11.8. The van der Waals surface area contributed by atoms with Gasteiger partial charge >= 0.3 is 5.97 Å². The summed E-state index contributed by atoms with van der Waals surface area (Å²) in [6.45, 7) is 9.51. The molecule has 0 saturated heterocycles. The maximum Gasteiger partial charge on any atom is 0.360 e. The summed E-state index contributed by atoms with van der Waals surface area (Å²) in [4.78, 5) is 11.8. The second kappa shape index (κ2) is 5.95. The summed E-state index contributed by atoms with van der Waals surface area (Å²) in [5.74, 6) is -0.189. The maximum absolute atomic E-state index is 11.8. The highest BCUT2D eigenvalue weighted by Gasteiger charge is 2.22. The molecule has 0 aliphatic heterocycles. The molecule has 1 aromatic heterocycles. The zero-order valence-corrected chi connectivity index (χ0v) is 11.5. The summed E-state index contributed by atoms with van der Waals surface area (Å²) in [6.07, 6.45) is -0.565. The lowest BCUT2D eigenvalue weighted by Gasteiger charge is -2.15. The van der Waals surface area contributed by atoms with Crippen LogP contribution in [0.3, 0.4) is 0 Å². The van der Waals surface area contributed by atoms with Crippen molar-refractivity contribution in [2.24, 2.45) is 5.92 Å². The molecule has 0 radical (unpaired) electrons. The molecule has 0 fully saturated rings. The molecule has 0 aromatic carbocycles. The van der Waals surface area contributed by atoms with E-state index in [1.165, 1.54) is 4.68 Å². The Morgan fingerprint density at radius 2 is 2.00 bits per heavy atom. The van der Waals surface area contributed by atoms with Gasteiger partial charge in [-0.05, 0) is 26.7 Å². The summed E-state index contributed by atoms with van der Waals surface area (Å²) in [6, 6.07) is -0.232. The van der Waals surface area contributed by atoms with E-state index in [2.05, 4.69) is 10.3 Å². The van der Waals surface area contributed by atoms with Crippen molar-refractivity contribution in [3.63, 3.8) is 0 Å². The van der Waals surface area contributed by atoms with Gasteiger partial charge in [0.15, 0.2) is 5.69 Å². The number of nitrogens with zero attached hydrogens (tertiary/aromatic N) is 3. The summed E-state index contributed by atoms with van der Waals surface area (Å²) >= 11 is 0. The van der Waals surface area contributed by atoms with Crippen LogP contribution in [0.2, 0.25) is 0 Å². The van der Waals surface area contributed by atoms with Crippen molar-refractivity contribution in [3.05, 3.63) is 11.4 Å². The molecule has 6 heteroatoms. The molecule has 0 aliphatic rings. The van der Waals surface area contributed by atoms with Crippen molar-refractivity contribution < 1.29 is 14.6 Å². The van der Waals surface area contributed by atoms with Crippen molar-refractivity contribution in [3.8, 4) is 0 Å². The van der Waals surface area contributed by atoms with Gasteiger partial charge in [-0.3, -0.25) is 0 Å². The number of carbonyl (C=O) groups excluding carboxylic acids is 1. The Kier molecular flexibility index (Phi) is 4.84. The molecule has 1 aromatic rings. The lowest BCUT2D eigenvalue weighted by Crippen LogP contribution is -2.21. The number of aromatic nitrogens is 3. The Morgan fingerprint density at radius 3 is 2.50 bits per heavy atom. The van der Waals surface area contributed by atoms with Crippen LogP contribution in [-0.2, 0) is 4.74 Å². The van der Waals surface area contributed by atoms with Gasteiger partial charge in [0.1, 0.15) is 0 Å². The predicted molar refractivity (Wildman–Crippen MR) is 66.3 cm³/mol. The first-order chi connectivity index (χ1) is 8.34. The molecule has 1 N–H and O–H groups in total. The first-order valence-electron chi connectivity index (χ1n) is 6.11. The fourth-order valence-electron chi connectivity index (χ4n) is 1.43. The van der Waals surface area contributed by atoms with Crippen LogP contribution in [0.1, 0.15) is 49.9 Å². The topological polar surface area (TPSA) is 77.2 Å². The van der Waals surface area contributed by atoms with E-state index in [4.69, 9.17) is 4.74 Å². The van der Waals surface area contributed by atoms with Gasteiger partial charge < -0.3 is 9.84 Å². The van der Waals surface area contributed by atoms with Crippen LogP contribution in [0.15, 0.2) is 0 Å². The largest absolute Gasteiger partial charge is 0.461 e. The number of aliphatic hydroxyl groups is 1. The zero-order chi connectivity index (χ0) is 13.9. The van der Waals surface area contributed by atoms with E-state index in [-0.39, 0.29) is 17.7 Å². The second-order valence-electron chi connectivity index (χ2n) is 4.94. The van der Waals surface area contributed by atoms with Gasteiger partial charge in [-0.2, -0.15) is 0 Å². The van der Waals surface area contributed by atoms with Crippen molar-refractivity contribution in [2.75, 3.05) is 6.61 Å². The van der Waals surface area contributed by atoms with Crippen LogP contribution >= 0.6 is 0 Å². The van der Waals surface area contributed by atoms with Crippen molar-refractivity contribution in [2.45, 2.75) is 46.8 Å². The lowest BCUT2D eigenvalue weighted by molar-refractivity contribution is 0.0450. The van der Waals surface area contributed by atoms with Crippen LogP contribution in [0, 0.1) is 12.8 Å². The fourth-order valence-corrected chi connectivity index (χ4v) is 1.43.